The van der Waals surface area contributed by atoms with Gasteiger partial charge in [-0.25, -0.2) is 4.98 Å². The van der Waals surface area contributed by atoms with Crippen LogP contribution in [0.2, 0.25) is 0 Å². The quantitative estimate of drug-likeness (QED) is 0.825. The summed E-state index contributed by atoms with van der Waals surface area (Å²) in [5.74, 6) is 0.575. The molecule has 16 heavy (non-hydrogen) atoms. The maximum atomic E-state index is 5.12. The van der Waals surface area contributed by atoms with Gasteiger partial charge in [0.15, 0.2) is 0 Å². The first-order chi connectivity index (χ1) is 7.79. The van der Waals surface area contributed by atoms with Gasteiger partial charge in [-0.1, -0.05) is 5.21 Å². The van der Waals surface area contributed by atoms with Crippen molar-refractivity contribution in [3.8, 4) is 5.88 Å². The van der Waals surface area contributed by atoms with Crippen LogP contribution in [0.1, 0.15) is 5.69 Å². The van der Waals surface area contributed by atoms with Gasteiger partial charge in [-0.15, -0.1) is 5.10 Å². The molecule has 0 radical (unpaired) electrons. The summed E-state index contributed by atoms with van der Waals surface area (Å²) in [4.78, 5) is 4.09. The molecule has 0 aliphatic rings. The Bertz CT molecular complexity index is 468. The van der Waals surface area contributed by atoms with Crippen LogP contribution >= 0.6 is 0 Å². The van der Waals surface area contributed by atoms with E-state index in [-0.39, 0.29) is 0 Å². The fourth-order valence-corrected chi connectivity index (χ4v) is 1.35. The van der Waals surface area contributed by atoms with Gasteiger partial charge in [0, 0.05) is 19.4 Å². The highest BCUT2D eigenvalue weighted by Gasteiger charge is 2.03. The molecule has 0 saturated heterocycles. The SMILES string of the molecule is COc1ncccc1NCc1cn(C)nn1. The van der Waals surface area contributed by atoms with Gasteiger partial charge in [-0.05, 0) is 12.1 Å². The van der Waals surface area contributed by atoms with E-state index in [2.05, 4.69) is 20.6 Å². The number of aryl methyl sites for hydroxylation is 1. The standard InChI is InChI=1S/C10H13N5O/c1-15-7-8(13-14-15)6-12-9-4-3-5-11-10(9)16-2/h3-5,7,12H,6H2,1-2H3. The number of aromatic nitrogens is 4. The predicted octanol–water partition coefficient (Wildman–Crippen LogP) is 0.831. The lowest BCUT2D eigenvalue weighted by atomic mass is 10.4. The second-order valence-electron chi connectivity index (χ2n) is 3.30. The lowest BCUT2D eigenvalue weighted by molar-refractivity contribution is 0.399. The molecule has 0 saturated carbocycles. The Morgan fingerprint density at radius 3 is 3.06 bits per heavy atom. The highest BCUT2D eigenvalue weighted by atomic mass is 16.5. The topological polar surface area (TPSA) is 64.9 Å². The Kier molecular flexibility index (Phi) is 3.00. The van der Waals surface area contributed by atoms with Crippen LogP contribution in [0, 0.1) is 0 Å². The summed E-state index contributed by atoms with van der Waals surface area (Å²) < 4.78 is 6.79. The smallest absolute Gasteiger partial charge is 0.237 e. The molecule has 2 heterocycles. The maximum Gasteiger partial charge on any atom is 0.237 e. The number of anilines is 1. The molecule has 2 rings (SSSR count). The fourth-order valence-electron chi connectivity index (χ4n) is 1.35. The van der Waals surface area contributed by atoms with E-state index in [0.717, 1.165) is 11.4 Å². The van der Waals surface area contributed by atoms with E-state index < -0.39 is 0 Å². The minimum absolute atomic E-state index is 0.575. The number of methoxy groups -OCH3 is 1. The van der Waals surface area contributed by atoms with Crippen molar-refractivity contribution in [2.75, 3.05) is 12.4 Å². The molecule has 0 bridgehead atoms. The van der Waals surface area contributed by atoms with Crippen LogP contribution < -0.4 is 10.1 Å². The van der Waals surface area contributed by atoms with Gasteiger partial charge in [0.1, 0.15) is 5.69 Å². The van der Waals surface area contributed by atoms with Crippen LogP contribution in [-0.2, 0) is 13.6 Å². The number of hydrogen-bond donors (Lipinski definition) is 1. The molecule has 0 aliphatic heterocycles. The first kappa shape index (κ1) is 10.4. The third-order valence-corrected chi connectivity index (χ3v) is 2.07. The summed E-state index contributed by atoms with van der Waals surface area (Å²) in [7, 11) is 3.43. The molecule has 0 atom stereocenters. The number of hydrogen-bond acceptors (Lipinski definition) is 5. The number of rotatable bonds is 4. The van der Waals surface area contributed by atoms with Gasteiger partial charge in [-0.3, -0.25) is 4.68 Å². The van der Waals surface area contributed by atoms with Gasteiger partial charge < -0.3 is 10.1 Å². The zero-order valence-corrected chi connectivity index (χ0v) is 9.21. The Morgan fingerprint density at radius 2 is 2.38 bits per heavy atom. The lowest BCUT2D eigenvalue weighted by Gasteiger charge is -2.07. The molecular weight excluding hydrogens is 206 g/mol. The van der Waals surface area contributed by atoms with Crippen LogP contribution in [0.5, 0.6) is 5.88 Å². The van der Waals surface area contributed by atoms with E-state index in [9.17, 15) is 0 Å². The Hall–Kier alpha value is -2.11. The third-order valence-electron chi connectivity index (χ3n) is 2.07. The monoisotopic (exact) mass is 219 g/mol. The predicted molar refractivity (Wildman–Crippen MR) is 59.1 cm³/mol. The van der Waals surface area contributed by atoms with E-state index in [1.54, 1.807) is 18.0 Å². The molecule has 2 aromatic heterocycles. The number of nitrogens with one attached hydrogen (secondary N) is 1. The molecule has 0 fully saturated rings. The summed E-state index contributed by atoms with van der Waals surface area (Å²) in [6.07, 6.45) is 3.54. The summed E-state index contributed by atoms with van der Waals surface area (Å²) in [6, 6.07) is 3.75. The van der Waals surface area contributed by atoms with Crippen molar-refractivity contribution in [2.45, 2.75) is 6.54 Å². The Balaban J connectivity index is 2.04. The number of nitrogens with zero attached hydrogens (tertiary/aromatic N) is 4. The van der Waals surface area contributed by atoms with Crippen LogP contribution in [-0.4, -0.2) is 27.1 Å². The molecule has 0 aromatic carbocycles. The van der Waals surface area contributed by atoms with Crippen molar-refractivity contribution in [3.63, 3.8) is 0 Å². The average Bonchev–Trinajstić information content (AvgIpc) is 2.73. The lowest BCUT2D eigenvalue weighted by Crippen LogP contribution is -2.02. The molecule has 0 spiro atoms. The number of pyridine rings is 1. The van der Waals surface area contributed by atoms with E-state index in [1.807, 2.05) is 25.4 Å². The second kappa shape index (κ2) is 4.61. The molecule has 0 amide bonds. The first-order valence-electron chi connectivity index (χ1n) is 4.87. The maximum absolute atomic E-state index is 5.12. The average molecular weight is 219 g/mol. The van der Waals surface area contributed by atoms with E-state index in [4.69, 9.17) is 4.74 Å². The molecule has 0 unspecified atom stereocenters. The van der Waals surface area contributed by atoms with Crippen molar-refractivity contribution < 1.29 is 4.74 Å². The highest BCUT2D eigenvalue weighted by Crippen LogP contribution is 2.19. The summed E-state index contributed by atoms with van der Waals surface area (Å²) in [6.45, 7) is 0.593. The van der Waals surface area contributed by atoms with Gasteiger partial charge in [0.2, 0.25) is 5.88 Å². The van der Waals surface area contributed by atoms with E-state index in [0.29, 0.717) is 12.4 Å². The van der Waals surface area contributed by atoms with Crippen molar-refractivity contribution in [3.05, 3.63) is 30.2 Å². The van der Waals surface area contributed by atoms with Gasteiger partial charge in [0.05, 0.1) is 19.3 Å². The Labute approximate surface area is 93.3 Å². The number of ether oxygens (including phenoxy) is 1. The molecular formula is C10H13N5O. The zero-order valence-electron chi connectivity index (χ0n) is 9.21. The summed E-state index contributed by atoms with van der Waals surface area (Å²) >= 11 is 0. The summed E-state index contributed by atoms with van der Waals surface area (Å²) in [5.41, 5.74) is 1.71. The molecule has 2 aromatic rings. The van der Waals surface area contributed by atoms with Gasteiger partial charge >= 0.3 is 0 Å². The zero-order chi connectivity index (χ0) is 11.4. The summed E-state index contributed by atoms with van der Waals surface area (Å²) in [5, 5.41) is 11.0. The van der Waals surface area contributed by atoms with Gasteiger partial charge in [0.25, 0.3) is 0 Å². The first-order valence-corrected chi connectivity index (χ1v) is 4.87. The third kappa shape index (κ3) is 2.28. The van der Waals surface area contributed by atoms with E-state index in [1.165, 1.54) is 0 Å². The van der Waals surface area contributed by atoms with Crippen molar-refractivity contribution >= 4 is 5.69 Å². The molecule has 0 aliphatic carbocycles. The van der Waals surface area contributed by atoms with Crippen LogP contribution in [0.3, 0.4) is 0 Å². The van der Waals surface area contributed by atoms with Crippen molar-refractivity contribution in [2.24, 2.45) is 7.05 Å². The van der Waals surface area contributed by atoms with Gasteiger partial charge in [-0.2, -0.15) is 0 Å². The fraction of sp³-hybridized carbons (Fsp3) is 0.300. The highest BCUT2D eigenvalue weighted by molar-refractivity contribution is 5.51. The van der Waals surface area contributed by atoms with Crippen LogP contribution in [0.15, 0.2) is 24.5 Å². The van der Waals surface area contributed by atoms with Crippen molar-refractivity contribution in [1.82, 2.24) is 20.0 Å². The normalized spacial score (nSPS) is 10.1. The molecule has 6 heteroatoms. The minimum Gasteiger partial charge on any atom is -0.480 e. The molecule has 1 N–H and O–H groups in total. The Morgan fingerprint density at radius 1 is 1.50 bits per heavy atom. The van der Waals surface area contributed by atoms with Crippen molar-refractivity contribution in [1.29, 1.82) is 0 Å². The molecule has 84 valence electrons. The molecule has 6 nitrogen and oxygen atoms in total. The van der Waals surface area contributed by atoms with Crippen LogP contribution in [0.25, 0.3) is 0 Å². The second-order valence-corrected chi connectivity index (χ2v) is 3.30. The van der Waals surface area contributed by atoms with E-state index >= 15 is 0 Å². The largest absolute Gasteiger partial charge is 0.480 e. The minimum atomic E-state index is 0.575. The van der Waals surface area contributed by atoms with Crippen LogP contribution in [0.4, 0.5) is 5.69 Å².